The number of benzene rings is 1. The molecule has 0 unspecified atom stereocenters. The highest BCUT2D eigenvalue weighted by molar-refractivity contribution is 7.98. The molecule has 0 spiro atoms. The van der Waals surface area contributed by atoms with Crippen molar-refractivity contribution in [1.29, 1.82) is 0 Å². The third-order valence-corrected chi connectivity index (χ3v) is 3.65. The fraction of sp³-hybridized carbons (Fsp3) is 0.562. The second-order valence-electron chi connectivity index (χ2n) is 4.85. The van der Waals surface area contributed by atoms with E-state index in [0.717, 1.165) is 36.8 Å². The van der Waals surface area contributed by atoms with Crippen LogP contribution in [0.15, 0.2) is 29.3 Å². The van der Waals surface area contributed by atoms with Crippen LogP contribution in [0.2, 0.25) is 0 Å². The maximum Gasteiger partial charge on any atom is 0.387 e. The summed E-state index contributed by atoms with van der Waals surface area (Å²) in [5.41, 5.74) is 0.822. The Balaban J connectivity index is 2.52. The van der Waals surface area contributed by atoms with Crippen molar-refractivity contribution in [3.63, 3.8) is 0 Å². The summed E-state index contributed by atoms with van der Waals surface area (Å²) in [6.45, 7) is 1.23. The lowest BCUT2D eigenvalue weighted by molar-refractivity contribution is -0.0498. The van der Waals surface area contributed by atoms with Gasteiger partial charge in [-0.1, -0.05) is 12.1 Å². The van der Waals surface area contributed by atoms with E-state index in [1.807, 2.05) is 24.8 Å². The molecule has 0 fully saturated rings. The first-order chi connectivity index (χ1) is 11.2. The maximum absolute atomic E-state index is 12.2. The summed E-state index contributed by atoms with van der Waals surface area (Å²) in [6.07, 6.45) is 4.36. The van der Waals surface area contributed by atoms with Crippen LogP contribution >= 0.6 is 11.8 Å². The molecule has 1 rings (SSSR count). The molecule has 130 valence electrons. The second kappa shape index (κ2) is 12.0. The zero-order valence-corrected chi connectivity index (χ0v) is 14.5. The summed E-state index contributed by atoms with van der Waals surface area (Å²) in [4.78, 5) is 4.47. The molecular weight excluding hydrogens is 320 g/mol. The molecule has 2 N–H and O–H groups in total. The Morgan fingerprint density at radius 1 is 1.30 bits per heavy atom. The van der Waals surface area contributed by atoms with Gasteiger partial charge in [-0.05, 0) is 49.5 Å². The van der Waals surface area contributed by atoms with Crippen molar-refractivity contribution >= 4 is 17.7 Å². The van der Waals surface area contributed by atoms with Gasteiger partial charge in [0.1, 0.15) is 5.75 Å². The number of aliphatic imine (C=N–C) groups is 1. The Labute approximate surface area is 141 Å². The van der Waals surface area contributed by atoms with Gasteiger partial charge in [0.25, 0.3) is 0 Å². The van der Waals surface area contributed by atoms with E-state index < -0.39 is 6.61 Å². The summed E-state index contributed by atoms with van der Waals surface area (Å²) in [5.74, 6) is 2.05. The van der Waals surface area contributed by atoms with Crippen LogP contribution in [0.4, 0.5) is 8.78 Å². The lowest BCUT2D eigenvalue weighted by Crippen LogP contribution is -2.37. The van der Waals surface area contributed by atoms with Crippen LogP contribution in [-0.2, 0) is 6.54 Å². The van der Waals surface area contributed by atoms with Gasteiger partial charge >= 0.3 is 6.61 Å². The number of thioether (sulfide) groups is 1. The van der Waals surface area contributed by atoms with Crippen LogP contribution < -0.4 is 15.4 Å². The number of alkyl halides is 2. The predicted octanol–water partition coefficient (Wildman–Crippen LogP) is 3.49. The van der Waals surface area contributed by atoms with Gasteiger partial charge in [-0.3, -0.25) is 0 Å². The number of unbranched alkanes of at least 4 members (excludes halogenated alkanes) is 1. The molecular formula is C16H25F2N3OS. The van der Waals surface area contributed by atoms with E-state index in [1.165, 1.54) is 12.5 Å². The number of rotatable bonds is 10. The van der Waals surface area contributed by atoms with Gasteiger partial charge < -0.3 is 15.4 Å². The van der Waals surface area contributed by atoms with Crippen LogP contribution in [0.1, 0.15) is 25.3 Å². The van der Waals surface area contributed by atoms with Crippen molar-refractivity contribution in [2.24, 2.45) is 4.99 Å². The minimum Gasteiger partial charge on any atom is -0.435 e. The van der Waals surface area contributed by atoms with Gasteiger partial charge in [0.05, 0.1) is 6.54 Å². The smallest absolute Gasteiger partial charge is 0.387 e. The average Bonchev–Trinajstić information content (AvgIpc) is 2.52. The molecule has 4 nitrogen and oxygen atoms in total. The molecule has 23 heavy (non-hydrogen) atoms. The minimum atomic E-state index is -2.81. The number of ether oxygens (including phenoxy) is 1. The Hall–Kier alpha value is -1.50. The first-order valence-corrected chi connectivity index (χ1v) is 9.10. The zero-order valence-electron chi connectivity index (χ0n) is 13.6. The van der Waals surface area contributed by atoms with Crippen LogP contribution in [-0.4, -0.2) is 37.7 Å². The Bertz CT molecular complexity index is 472. The molecule has 0 aliphatic heterocycles. The summed E-state index contributed by atoms with van der Waals surface area (Å²) >= 11 is 1.84. The molecule has 0 aromatic heterocycles. The molecule has 0 aliphatic carbocycles. The van der Waals surface area contributed by atoms with Crippen molar-refractivity contribution < 1.29 is 13.5 Å². The first-order valence-electron chi connectivity index (χ1n) is 7.70. The Morgan fingerprint density at radius 2 is 2.13 bits per heavy atom. The maximum atomic E-state index is 12.2. The third kappa shape index (κ3) is 9.28. The van der Waals surface area contributed by atoms with E-state index in [-0.39, 0.29) is 5.75 Å². The van der Waals surface area contributed by atoms with Crippen LogP contribution in [0, 0.1) is 0 Å². The lowest BCUT2D eigenvalue weighted by atomic mass is 10.2. The Kier molecular flexibility index (Phi) is 10.2. The van der Waals surface area contributed by atoms with Gasteiger partial charge in [0.15, 0.2) is 5.96 Å². The molecule has 0 saturated heterocycles. The fourth-order valence-corrected chi connectivity index (χ4v) is 2.40. The van der Waals surface area contributed by atoms with E-state index in [2.05, 4.69) is 26.6 Å². The van der Waals surface area contributed by atoms with Crippen LogP contribution in [0.5, 0.6) is 5.75 Å². The standard InChI is InChI=1S/C16H25F2N3OS/c1-3-19-16(20-9-4-5-10-23-2)21-12-13-7-6-8-14(11-13)22-15(17)18/h6-8,11,15H,3-5,9-10,12H2,1-2H3,(H2,19,20,21). The number of halogens is 2. The van der Waals surface area contributed by atoms with Crippen molar-refractivity contribution in [3.05, 3.63) is 29.8 Å². The van der Waals surface area contributed by atoms with Gasteiger partial charge in [-0.2, -0.15) is 20.5 Å². The van der Waals surface area contributed by atoms with Crippen LogP contribution in [0.25, 0.3) is 0 Å². The molecule has 0 saturated carbocycles. The van der Waals surface area contributed by atoms with Crippen molar-refractivity contribution in [1.82, 2.24) is 10.6 Å². The van der Waals surface area contributed by atoms with Gasteiger partial charge in [0.2, 0.25) is 0 Å². The van der Waals surface area contributed by atoms with E-state index in [1.54, 1.807) is 12.1 Å². The van der Waals surface area contributed by atoms with E-state index in [4.69, 9.17) is 0 Å². The topological polar surface area (TPSA) is 45.7 Å². The number of guanidine groups is 1. The van der Waals surface area contributed by atoms with E-state index in [0.29, 0.717) is 6.54 Å². The van der Waals surface area contributed by atoms with E-state index >= 15 is 0 Å². The monoisotopic (exact) mass is 345 g/mol. The van der Waals surface area contributed by atoms with Crippen molar-refractivity contribution in [2.45, 2.75) is 32.9 Å². The minimum absolute atomic E-state index is 0.155. The van der Waals surface area contributed by atoms with Crippen molar-refractivity contribution in [3.8, 4) is 5.75 Å². The van der Waals surface area contributed by atoms with Crippen LogP contribution in [0.3, 0.4) is 0 Å². The highest BCUT2D eigenvalue weighted by Crippen LogP contribution is 2.16. The highest BCUT2D eigenvalue weighted by atomic mass is 32.2. The number of hydrogen-bond donors (Lipinski definition) is 2. The molecule has 0 amide bonds. The van der Waals surface area contributed by atoms with Crippen molar-refractivity contribution in [2.75, 3.05) is 25.1 Å². The fourth-order valence-electron chi connectivity index (χ4n) is 1.91. The number of nitrogens with one attached hydrogen (secondary N) is 2. The highest BCUT2D eigenvalue weighted by Gasteiger charge is 2.04. The summed E-state index contributed by atoms with van der Waals surface area (Å²) in [5, 5.41) is 6.45. The summed E-state index contributed by atoms with van der Waals surface area (Å²) in [7, 11) is 0. The summed E-state index contributed by atoms with van der Waals surface area (Å²) < 4.78 is 28.8. The quantitative estimate of drug-likeness (QED) is 0.387. The van der Waals surface area contributed by atoms with E-state index in [9.17, 15) is 8.78 Å². The predicted molar refractivity (Wildman–Crippen MR) is 93.5 cm³/mol. The van der Waals surface area contributed by atoms with Gasteiger partial charge in [0, 0.05) is 13.1 Å². The normalized spacial score (nSPS) is 11.6. The number of hydrogen-bond acceptors (Lipinski definition) is 3. The molecule has 0 atom stereocenters. The lowest BCUT2D eigenvalue weighted by Gasteiger charge is -2.11. The first kappa shape index (κ1) is 19.5. The number of nitrogens with zero attached hydrogens (tertiary/aromatic N) is 1. The molecule has 1 aromatic carbocycles. The third-order valence-electron chi connectivity index (χ3n) is 2.96. The largest absolute Gasteiger partial charge is 0.435 e. The molecule has 0 radical (unpaired) electrons. The second-order valence-corrected chi connectivity index (χ2v) is 5.83. The SMILES string of the molecule is CCNC(=NCc1cccc(OC(F)F)c1)NCCCCSC. The molecule has 0 bridgehead atoms. The van der Waals surface area contributed by atoms with Gasteiger partial charge in [-0.25, -0.2) is 4.99 Å². The van der Waals surface area contributed by atoms with Gasteiger partial charge in [-0.15, -0.1) is 0 Å². The molecule has 7 heteroatoms. The Morgan fingerprint density at radius 3 is 2.83 bits per heavy atom. The zero-order chi connectivity index (χ0) is 16.9. The molecule has 0 aliphatic rings. The average molecular weight is 345 g/mol. The molecule has 0 heterocycles. The summed E-state index contributed by atoms with van der Waals surface area (Å²) in [6, 6.07) is 6.61. The molecule has 1 aromatic rings.